The van der Waals surface area contributed by atoms with Crippen molar-refractivity contribution in [2.75, 3.05) is 25.1 Å². The average Bonchev–Trinajstić information content (AvgIpc) is 3.16. The molecule has 0 bridgehead atoms. The van der Waals surface area contributed by atoms with Crippen molar-refractivity contribution in [1.82, 2.24) is 15.5 Å². The zero-order valence-electron chi connectivity index (χ0n) is 16.4. The van der Waals surface area contributed by atoms with Crippen LogP contribution < -0.4 is 22.1 Å². The predicted octanol–water partition coefficient (Wildman–Crippen LogP) is -1.99. The maximum Gasteiger partial charge on any atom is 0.322 e. The number of carboxylic acids is 1. The number of primary amides is 1. The quantitative estimate of drug-likeness (QED) is 0.235. The molecule has 1 aliphatic rings. The summed E-state index contributed by atoms with van der Waals surface area (Å²) in [5.41, 5.74) is 10.8. The number of hydrogen-bond acceptors (Lipinski definition) is 7. The summed E-state index contributed by atoms with van der Waals surface area (Å²) in [6, 6.07) is -2.64. The van der Waals surface area contributed by atoms with E-state index >= 15 is 0 Å². The van der Waals surface area contributed by atoms with E-state index in [-0.39, 0.29) is 12.8 Å². The summed E-state index contributed by atoms with van der Waals surface area (Å²) in [6.45, 7) is -0.192. The van der Waals surface area contributed by atoms with Gasteiger partial charge in [0.05, 0.1) is 6.04 Å². The van der Waals surface area contributed by atoms with Gasteiger partial charge in [-0.25, -0.2) is 0 Å². The van der Waals surface area contributed by atoms with E-state index in [0.717, 1.165) is 0 Å². The van der Waals surface area contributed by atoms with E-state index in [1.54, 1.807) is 0 Å². The van der Waals surface area contributed by atoms with Crippen molar-refractivity contribution in [3.8, 4) is 0 Å². The highest BCUT2D eigenvalue weighted by Crippen LogP contribution is 2.20. The van der Waals surface area contributed by atoms with Gasteiger partial charge < -0.3 is 32.1 Å². The van der Waals surface area contributed by atoms with Crippen molar-refractivity contribution in [3.05, 3.63) is 0 Å². The number of nitrogens with zero attached hydrogens (tertiary/aromatic N) is 1. The second kappa shape index (κ2) is 12.3. The number of thioether (sulfide) groups is 1. The van der Waals surface area contributed by atoms with Gasteiger partial charge in [0.15, 0.2) is 0 Å². The van der Waals surface area contributed by atoms with Crippen LogP contribution in [0.4, 0.5) is 0 Å². The van der Waals surface area contributed by atoms with Crippen molar-refractivity contribution >= 4 is 41.4 Å². The van der Waals surface area contributed by atoms with E-state index in [9.17, 15) is 24.0 Å². The lowest BCUT2D eigenvalue weighted by Gasteiger charge is -2.29. The first-order valence-corrected chi connectivity index (χ1v) is 10.7. The molecule has 0 saturated carbocycles. The lowest BCUT2D eigenvalue weighted by molar-refractivity contribution is -0.143. The Balaban J connectivity index is 2.80. The Hall–Kier alpha value is -2.34. The molecule has 0 aliphatic carbocycles. The van der Waals surface area contributed by atoms with Crippen molar-refractivity contribution in [2.45, 2.75) is 50.2 Å². The fourth-order valence-electron chi connectivity index (χ4n) is 2.98. The fourth-order valence-corrected chi connectivity index (χ4v) is 3.46. The molecule has 1 rings (SSSR count). The molecule has 1 aliphatic heterocycles. The lowest BCUT2D eigenvalue weighted by atomic mass is 10.1. The Morgan fingerprint density at radius 3 is 2.52 bits per heavy atom. The van der Waals surface area contributed by atoms with Crippen LogP contribution in [-0.2, 0) is 24.0 Å². The highest BCUT2D eigenvalue weighted by Gasteiger charge is 2.37. The first kappa shape index (κ1) is 24.7. The Kier molecular flexibility index (Phi) is 10.5. The number of hydrogen-bond donors (Lipinski definition) is 5. The third-order valence-corrected chi connectivity index (χ3v) is 5.16. The number of rotatable bonds is 12. The standard InChI is InChI=1S/C17H29N5O6S/c1-29-8-6-11(21-15(26)10(18)4-5-13(19)23)17(28)22-7-2-3-12(22)16(27)20-9-14(24)25/h10-12H,2-9,18H2,1H3,(H2,19,23)(H,20,27)(H,21,26)(H,24,25). The van der Waals surface area contributed by atoms with Crippen molar-refractivity contribution in [1.29, 1.82) is 0 Å². The molecule has 4 amide bonds. The van der Waals surface area contributed by atoms with Gasteiger partial charge in [0.2, 0.25) is 23.6 Å². The van der Waals surface area contributed by atoms with Crippen molar-refractivity contribution in [3.63, 3.8) is 0 Å². The number of carbonyl (C=O) groups excluding carboxylic acids is 4. The Morgan fingerprint density at radius 2 is 1.93 bits per heavy atom. The minimum atomic E-state index is -1.18. The largest absolute Gasteiger partial charge is 0.480 e. The molecule has 0 aromatic rings. The van der Waals surface area contributed by atoms with Crippen LogP contribution in [0.1, 0.15) is 32.1 Å². The fraction of sp³-hybridized carbons (Fsp3) is 0.706. The van der Waals surface area contributed by atoms with Crippen LogP contribution in [0.25, 0.3) is 0 Å². The van der Waals surface area contributed by atoms with Crippen LogP contribution in [0, 0.1) is 0 Å². The van der Waals surface area contributed by atoms with Crippen LogP contribution in [0.2, 0.25) is 0 Å². The first-order valence-electron chi connectivity index (χ1n) is 9.30. The zero-order valence-corrected chi connectivity index (χ0v) is 17.2. The minimum absolute atomic E-state index is 0.0457. The van der Waals surface area contributed by atoms with Crippen molar-refractivity contribution in [2.24, 2.45) is 11.5 Å². The summed E-state index contributed by atoms with van der Waals surface area (Å²) >= 11 is 1.50. The smallest absolute Gasteiger partial charge is 0.322 e. The maximum absolute atomic E-state index is 13.0. The van der Waals surface area contributed by atoms with E-state index in [0.29, 0.717) is 31.6 Å². The van der Waals surface area contributed by atoms with Gasteiger partial charge in [-0.2, -0.15) is 11.8 Å². The van der Waals surface area contributed by atoms with Crippen LogP contribution in [-0.4, -0.2) is 82.8 Å². The molecule has 0 spiro atoms. The van der Waals surface area contributed by atoms with Crippen LogP contribution in [0.15, 0.2) is 0 Å². The molecule has 7 N–H and O–H groups in total. The number of nitrogens with two attached hydrogens (primary N) is 2. The normalized spacial score (nSPS) is 18.0. The van der Waals surface area contributed by atoms with E-state index in [1.807, 2.05) is 6.26 Å². The summed E-state index contributed by atoms with van der Waals surface area (Å²) in [4.78, 5) is 60.5. The van der Waals surface area contributed by atoms with Crippen molar-refractivity contribution < 1.29 is 29.1 Å². The van der Waals surface area contributed by atoms with E-state index < -0.39 is 54.3 Å². The summed E-state index contributed by atoms with van der Waals surface area (Å²) in [7, 11) is 0. The molecule has 11 nitrogen and oxygen atoms in total. The van der Waals surface area contributed by atoms with Gasteiger partial charge in [0, 0.05) is 13.0 Å². The molecule has 1 fully saturated rings. The Bertz CT molecular complexity index is 631. The van der Waals surface area contributed by atoms with Gasteiger partial charge >= 0.3 is 5.97 Å². The molecule has 0 aromatic heterocycles. The number of likely N-dealkylation sites (tertiary alicyclic amines) is 1. The monoisotopic (exact) mass is 431 g/mol. The van der Waals surface area contributed by atoms with Crippen LogP contribution in [0.5, 0.6) is 0 Å². The summed E-state index contributed by atoms with van der Waals surface area (Å²) < 4.78 is 0. The molecule has 1 saturated heterocycles. The van der Waals surface area contributed by atoms with E-state index in [1.165, 1.54) is 16.7 Å². The lowest BCUT2D eigenvalue weighted by Crippen LogP contribution is -2.56. The predicted molar refractivity (Wildman–Crippen MR) is 107 cm³/mol. The number of aliphatic carboxylic acids is 1. The molecule has 0 radical (unpaired) electrons. The van der Waals surface area contributed by atoms with Gasteiger partial charge in [-0.15, -0.1) is 0 Å². The van der Waals surface area contributed by atoms with Gasteiger partial charge in [-0.1, -0.05) is 0 Å². The van der Waals surface area contributed by atoms with E-state index in [4.69, 9.17) is 16.6 Å². The highest BCUT2D eigenvalue weighted by atomic mass is 32.2. The average molecular weight is 432 g/mol. The Labute approximate surface area is 173 Å². The van der Waals surface area contributed by atoms with Gasteiger partial charge in [-0.05, 0) is 37.7 Å². The highest BCUT2D eigenvalue weighted by molar-refractivity contribution is 7.98. The molecule has 1 heterocycles. The summed E-state index contributed by atoms with van der Waals surface area (Å²) in [5, 5.41) is 13.6. The number of carbonyl (C=O) groups is 5. The Morgan fingerprint density at radius 1 is 1.24 bits per heavy atom. The van der Waals surface area contributed by atoms with E-state index in [2.05, 4.69) is 10.6 Å². The second-order valence-electron chi connectivity index (χ2n) is 6.76. The van der Waals surface area contributed by atoms with Gasteiger partial charge in [-0.3, -0.25) is 24.0 Å². The van der Waals surface area contributed by atoms with Gasteiger partial charge in [0.25, 0.3) is 0 Å². The van der Waals surface area contributed by atoms with Crippen LogP contribution >= 0.6 is 11.8 Å². The molecule has 0 aromatic carbocycles. The third kappa shape index (κ3) is 8.28. The summed E-state index contributed by atoms with van der Waals surface area (Å²) in [6.07, 6.45) is 3.23. The molecule has 164 valence electrons. The van der Waals surface area contributed by atoms with Gasteiger partial charge in [0.1, 0.15) is 18.6 Å². The van der Waals surface area contributed by atoms with Crippen LogP contribution in [0.3, 0.4) is 0 Å². The molecule has 29 heavy (non-hydrogen) atoms. The molecular formula is C17H29N5O6S. The number of carboxylic acid groups (broad SMARTS) is 1. The topological polar surface area (TPSA) is 185 Å². The SMILES string of the molecule is CSCCC(NC(=O)C(N)CCC(N)=O)C(=O)N1CCCC1C(=O)NCC(=O)O. The third-order valence-electron chi connectivity index (χ3n) is 4.52. The molecule has 3 atom stereocenters. The maximum atomic E-state index is 13.0. The second-order valence-corrected chi connectivity index (χ2v) is 7.74. The minimum Gasteiger partial charge on any atom is -0.480 e. The number of nitrogens with one attached hydrogen (secondary N) is 2. The molecular weight excluding hydrogens is 402 g/mol. The first-order chi connectivity index (χ1) is 13.7. The number of amides is 4. The molecule has 3 unspecified atom stereocenters. The zero-order chi connectivity index (χ0) is 22.0. The summed E-state index contributed by atoms with van der Waals surface area (Å²) in [5.74, 6) is -2.68. The molecule has 12 heteroatoms.